The molecule has 20 heavy (non-hydrogen) atoms. The van der Waals surface area contributed by atoms with Crippen LogP contribution >= 0.6 is 11.3 Å². The molecule has 0 bridgehead atoms. The summed E-state index contributed by atoms with van der Waals surface area (Å²) >= 11 is 1.77. The molecule has 2 aromatic heterocycles. The highest BCUT2D eigenvalue weighted by Crippen LogP contribution is 2.16. The molecule has 1 aliphatic heterocycles. The van der Waals surface area contributed by atoms with Crippen molar-refractivity contribution in [3.8, 4) is 0 Å². The second kappa shape index (κ2) is 6.24. The van der Waals surface area contributed by atoms with Crippen LogP contribution in [0.5, 0.6) is 0 Å². The van der Waals surface area contributed by atoms with Gasteiger partial charge in [-0.15, -0.1) is 0 Å². The number of hydrogen-bond donors (Lipinski definition) is 1. The molecule has 0 aliphatic carbocycles. The van der Waals surface area contributed by atoms with Gasteiger partial charge in [-0.25, -0.2) is 4.98 Å². The lowest BCUT2D eigenvalue weighted by atomic mass is 10.3. The van der Waals surface area contributed by atoms with Crippen LogP contribution in [0.4, 0.5) is 11.5 Å². The van der Waals surface area contributed by atoms with Crippen LogP contribution < -0.4 is 10.6 Å². The molecular weight excluding hydrogens is 268 g/mol. The Labute approximate surface area is 123 Å². The van der Waals surface area contributed by atoms with E-state index in [1.807, 2.05) is 12.1 Å². The van der Waals surface area contributed by atoms with E-state index in [-0.39, 0.29) is 0 Å². The summed E-state index contributed by atoms with van der Waals surface area (Å²) in [4.78, 5) is 9.31. The molecule has 4 nitrogen and oxygen atoms in total. The van der Waals surface area contributed by atoms with Gasteiger partial charge >= 0.3 is 0 Å². The van der Waals surface area contributed by atoms with Crippen LogP contribution in [0.15, 0.2) is 35.2 Å². The van der Waals surface area contributed by atoms with Gasteiger partial charge in [-0.2, -0.15) is 11.3 Å². The number of rotatable bonds is 3. The Hall–Kier alpha value is -1.59. The van der Waals surface area contributed by atoms with Gasteiger partial charge in [-0.3, -0.25) is 4.90 Å². The van der Waals surface area contributed by atoms with Gasteiger partial charge in [0.2, 0.25) is 0 Å². The fourth-order valence-electron chi connectivity index (χ4n) is 2.58. The highest BCUT2D eigenvalue weighted by molar-refractivity contribution is 7.07. The molecule has 106 valence electrons. The normalized spacial score (nSPS) is 17.1. The van der Waals surface area contributed by atoms with Crippen molar-refractivity contribution in [1.29, 1.82) is 0 Å². The summed E-state index contributed by atoms with van der Waals surface area (Å²) in [6, 6.07) is 6.16. The van der Waals surface area contributed by atoms with Crippen molar-refractivity contribution >= 4 is 22.8 Å². The molecule has 0 aromatic carbocycles. The van der Waals surface area contributed by atoms with Crippen molar-refractivity contribution < 1.29 is 0 Å². The van der Waals surface area contributed by atoms with E-state index in [0.29, 0.717) is 0 Å². The van der Waals surface area contributed by atoms with Gasteiger partial charge < -0.3 is 10.6 Å². The van der Waals surface area contributed by atoms with Crippen LogP contribution in [-0.2, 0) is 6.54 Å². The highest BCUT2D eigenvalue weighted by atomic mass is 32.1. The van der Waals surface area contributed by atoms with Crippen molar-refractivity contribution in [2.45, 2.75) is 13.0 Å². The lowest BCUT2D eigenvalue weighted by molar-refractivity contribution is 0.286. The van der Waals surface area contributed by atoms with Gasteiger partial charge in [0.1, 0.15) is 5.82 Å². The molecule has 0 spiro atoms. The number of hydrogen-bond acceptors (Lipinski definition) is 5. The molecule has 1 fully saturated rings. The van der Waals surface area contributed by atoms with E-state index in [1.165, 1.54) is 12.0 Å². The molecule has 2 N–H and O–H groups in total. The topological polar surface area (TPSA) is 45.4 Å². The Morgan fingerprint density at radius 2 is 2.10 bits per heavy atom. The van der Waals surface area contributed by atoms with Gasteiger partial charge in [0, 0.05) is 32.7 Å². The SMILES string of the molecule is Nc1ccc(N2CCCN(Cc3ccsc3)CC2)nc1. The Morgan fingerprint density at radius 3 is 2.85 bits per heavy atom. The van der Waals surface area contributed by atoms with Crippen LogP contribution in [0.3, 0.4) is 0 Å². The summed E-state index contributed by atoms with van der Waals surface area (Å²) in [5, 5.41) is 4.39. The van der Waals surface area contributed by atoms with Crippen molar-refractivity contribution in [3.05, 3.63) is 40.7 Å². The van der Waals surface area contributed by atoms with Gasteiger partial charge in [-0.1, -0.05) is 0 Å². The van der Waals surface area contributed by atoms with Crippen LogP contribution in [-0.4, -0.2) is 36.1 Å². The largest absolute Gasteiger partial charge is 0.397 e. The van der Waals surface area contributed by atoms with E-state index in [0.717, 1.165) is 44.2 Å². The summed E-state index contributed by atoms with van der Waals surface area (Å²) < 4.78 is 0. The Balaban J connectivity index is 1.60. The maximum absolute atomic E-state index is 5.70. The number of pyridine rings is 1. The molecule has 5 heteroatoms. The minimum Gasteiger partial charge on any atom is -0.397 e. The summed E-state index contributed by atoms with van der Waals surface area (Å²) in [6.07, 6.45) is 2.92. The first kappa shape index (κ1) is 13.4. The molecule has 0 unspecified atom stereocenters. The molecule has 2 aromatic rings. The minimum atomic E-state index is 0.725. The van der Waals surface area contributed by atoms with E-state index in [2.05, 4.69) is 31.6 Å². The summed E-state index contributed by atoms with van der Waals surface area (Å²) in [6.45, 7) is 5.40. The lowest BCUT2D eigenvalue weighted by Crippen LogP contribution is -2.30. The Bertz CT molecular complexity index is 523. The standard InChI is InChI=1S/C15H20N4S/c16-14-2-3-15(17-10-14)19-6-1-5-18(7-8-19)11-13-4-9-20-12-13/h2-4,9-10,12H,1,5-8,11,16H2. The molecule has 0 atom stereocenters. The fraction of sp³-hybridized carbons (Fsp3) is 0.400. The van der Waals surface area contributed by atoms with E-state index in [9.17, 15) is 0 Å². The molecule has 1 saturated heterocycles. The van der Waals surface area contributed by atoms with E-state index in [1.54, 1.807) is 17.5 Å². The smallest absolute Gasteiger partial charge is 0.128 e. The maximum atomic E-state index is 5.70. The van der Waals surface area contributed by atoms with Gasteiger partial charge in [-0.05, 0) is 40.9 Å². The zero-order chi connectivity index (χ0) is 13.8. The molecule has 0 radical (unpaired) electrons. The number of anilines is 2. The van der Waals surface area contributed by atoms with Crippen molar-refractivity contribution in [2.75, 3.05) is 36.8 Å². The molecule has 0 saturated carbocycles. The Kier molecular flexibility index (Phi) is 4.18. The summed E-state index contributed by atoms with van der Waals surface area (Å²) in [5.74, 6) is 1.04. The number of nitrogens with zero attached hydrogens (tertiary/aromatic N) is 3. The zero-order valence-electron chi connectivity index (χ0n) is 11.5. The Morgan fingerprint density at radius 1 is 1.15 bits per heavy atom. The second-order valence-corrected chi connectivity index (χ2v) is 5.98. The van der Waals surface area contributed by atoms with Gasteiger partial charge in [0.15, 0.2) is 0 Å². The average Bonchev–Trinajstić information content (AvgIpc) is 2.85. The molecular formula is C15H20N4S. The van der Waals surface area contributed by atoms with Gasteiger partial charge in [0.05, 0.1) is 11.9 Å². The number of nitrogen functional groups attached to an aromatic ring is 1. The monoisotopic (exact) mass is 288 g/mol. The van der Waals surface area contributed by atoms with E-state index in [4.69, 9.17) is 5.73 Å². The van der Waals surface area contributed by atoms with Crippen molar-refractivity contribution in [2.24, 2.45) is 0 Å². The predicted octanol–water partition coefficient (Wildman–Crippen LogP) is 2.44. The van der Waals surface area contributed by atoms with Crippen molar-refractivity contribution in [1.82, 2.24) is 9.88 Å². The van der Waals surface area contributed by atoms with Crippen LogP contribution in [0, 0.1) is 0 Å². The highest BCUT2D eigenvalue weighted by Gasteiger charge is 2.16. The second-order valence-electron chi connectivity index (χ2n) is 5.20. The number of aromatic nitrogens is 1. The molecule has 3 rings (SSSR count). The molecule has 1 aliphatic rings. The third kappa shape index (κ3) is 3.29. The first-order valence-corrected chi connectivity index (χ1v) is 7.95. The number of nitrogens with two attached hydrogens (primary N) is 1. The fourth-order valence-corrected chi connectivity index (χ4v) is 3.24. The third-order valence-corrected chi connectivity index (χ3v) is 4.40. The third-order valence-electron chi connectivity index (χ3n) is 3.67. The first-order chi connectivity index (χ1) is 9.81. The average molecular weight is 288 g/mol. The zero-order valence-corrected chi connectivity index (χ0v) is 12.4. The summed E-state index contributed by atoms with van der Waals surface area (Å²) in [7, 11) is 0. The van der Waals surface area contributed by atoms with E-state index < -0.39 is 0 Å². The predicted molar refractivity (Wildman–Crippen MR) is 85.1 cm³/mol. The lowest BCUT2D eigenvalue weighted by Gasteiger charge is -2.22. The molecule has 3 heterocycles. The maximum Gasteiger partial charge on any atom is 0.128 e. The molecule has 0 amide bonds. The van der Waals surface area contributed by atoms with Crippen LogP contribution in [0.25, 0.3) is 0 Å². The first-order valence-electron chi connectivity index (χ1n) is 7.01. The summed E-state index contributed by atoms with van der Waals surface area (Å²) in [5.41, 5.74) is 7.85. The van der Waals surface area contributed by atoms with Crippen molar-refractivity contribution in [3.63, 3.8) is 0 Å². The quantitative estimate of drug-likeness (QED) is 0.942. The van der Waals surface area contributed by atoms with E-state index >= 15 is 0 Å². The number of thiophene rings is 1. The van der Waals surface area contributed by atoms with Gasteiger partial charge in [0.25, 0.3) is 0 Å². The van der Waals surface area contributed by atoms with Crippen LogP contribution in [0.1, 0.15) is 12.0 Å². The minimum absolute atomic E-state index is 0.725. The van der Waals surface area contributed by atoms with Crippen LogP contribution in [0.2, 0.25) is 0 Å².